The van der Waals surface area contributed by atoms with Crippen LogP contribution in [-0.2, 0) is 19.5 Å². The van der Waals surface area contributed by atoms with E-state index < -0.39 is 0 Å². The molecule has 1 aromatic heterocycles. The second kappa shape index (κ2) is 6.03. The van der Waals surface area contributed by atoms with Crippen molar-refractivity contribution in [3.8, 4) is 0 Å². The molecule has 4 heteroatoms. The molecule has 0 amide bonds. The lowest BCUT2D eigenvalue weighted by Gasteiger charge is -2.04. The van der Waals surface area contributed by atoms with E-state index >= 15 is 0 Å². The van der Waals surface area contributed by atoms with Gasteiger partial charge in [-0.15, -0.1) is 0 Å². The maximum absolute atomic E-state index is 6.07. The molecule has 0 aliphatic rings. The molecule has 1 N–H and O–H groups in total. The number of halogens is 1. The van der Waals surface area contributed by atoms with Gasteiger partial charge in [0.05, 0.1) is 12.7 Å². The fourth-order valence-corrected chi connectivity index (χ4v) is 1.86. The van der Waals surface area contributed by atoms with Crippen LogP contribution in [0.25, 0.3) is 0 Å². The minimum Gasteiger partial charge on any atom is -0.444 e. The zero-order chi connectivity index (χ0) is 13.0. The highest BCUT2D eigenvalue weighted by Crippen LogP contribution is 2.16. The van der Waals surface area contributed by atoms with Gasteiger partial charge in [0, 0.05) is 18.0 Å². The molecule has 0 radical (unpaired) electrons. The standard InChI is InChI=1S/C14H17ClN2O/c1-3-12-8-17-14(18-12)9-16-7-11-5-4-10(2)13(15)6-11/h4-6,8,16H,3,7,9H2,1-2H3. The Morgan fingerprint density at radius 1 is 1.33 bits per heavy atom. The summed E-state index contributed by atoms with van der Waals surface area (Å²) in [6.07, 6.45) is 2.65. The third kappa shape index (κ3) is 3.34. The van der Waals surface area contributed by atoms with Gasteiger partial charge in [0.1, 0.15) is 5.76 Å². The van der Waals surface area contributed by atoms with Gasteiger partial charge in [-0.2, -0.15) is 0 Å². The summed E-state index contributed by atoms with van der Waals surface area (Å²) in [7, 11) is 0. The van der Waals surface area contributed by atoms with Crippen molar-refractivity contribution >= 4 is 11.6 Å². The fourth-order valence-electron chi connectivity index (χ4n) is 1.65. The van der Waals surface area contributed by atoms with E-state index in [1.165, 1.54) is 0 Å². The monoisotopic (exact) mass is 264 g/mol. The largest absolute Gasteiger partial charge is 0.444 e. The Bertz CT molecular complexity index is 522. The lowest BCUT2D eigenvalue weighted by molar-refractivity contribution is 0.439. The molecule has 2 aromatic rings. The van der Waals surface area contributed by atoms with Crippen LogP contribution in [0.1, 0.15) is 29.7 Å². The SMILES string of the molecule is CCc1cnc(CNCc2ccc(C)c(Cl)c2)o1. The van der Waals surface area contributed by atoms with E-state index in [-0.39, 0.29) is 0 Å². The van der Waals surface area contributed by atoms with Crippen molar-refractivity contribution in [1.29, 1.82) is 0 Å². The molecule has 0 saturated heterocycles. The van der Waals surface area contributed by atoms with E-state index in [9.17, 15) is 0 Å². The molecule has 0 atom stereocenters. The summed E-state index contributed by atoms with van der Waals surface area (Å²) in [4.78, 5) is 4.19. The number of nitrogens with one attached hydrogen (secondary N) is 1. The van der Waals surface area contributed by atoms with Crippen LogP contribution >= 0.6 is 11.6 Å². The Balaban J connectivity index is 1.86. The third-order valence-electron chi connectivity index (χ3n) is 2.79. The molecule has 3 nitrogen and oxygen atoms in total. The van der Waals surface area contributed by atoms with Crippen molar-refractivity contribution in [2.75, 3.05) is 0 Å². The maximum Gasteiger partial charge on any atom is 0.208 e. The molecule has 0 saturated carbocycles. The number of rotatable bonds is 5. The predicted molar refractivity (Wildman–Crippen MR) is 72.6 cm³/mol. The van der Waals surface area contributed by atoms with Crippen molar-refractivity contribution in [1.82, 2.24) is 10.3 Å². The second-order valence-electron chi connectivity index (χ2n) is 4.26. The molecular formula is C14H17ClN2O. The third-order valence-corrected chi connectivity index (χ3v) is 3.20. The first-order valence-corrected chi connectivity index (χ1v) is 6.46. The van der Waals surface area contributed by atoms with Crippen molar-refractivity contribution in [3.63, 3.8) is 0 Å². The summed E-state index contributed by atoms with van der Waals surface area (Å²) in [5.41, 5.74) is 2.26. The van der Waals surface area contributed by atoms with Gasteiger partial charge < -0.3 is 9.73 Å². The van der Waals surface area contributed by atoms with Crippen LogP contribution in [0.5, 0.6) is 0 Å². The van der Waals surface area contributed by atoms with Crippen molar-refractivity contribution < 1.29 is 4.42 Å². The molecule has 0 unspecified atom stereocenters. The van der Waals surface area contributed by atoms with Gasteiger partial charge in [0.2, 0.25) is 5.89 Å². The molecule has 18 heavy (non-hydrogen) atoms. The Kier molecular flexibility index (Phi) is 4.39. The van der Waals surface area contributed by atoms with Gasteiger partial charge in [0.25, 0.3) is 0 Å². The molecule has 96 valence electrons. The predicted octanol–water partition coefficient (Wildman–Crippen LogP) is 3.49. The molecule has 1 aromatic carbocycles. The lowest BCUT2D eigenvalue weighted by atomic mass is 10.1. The highest BCUT2D eigenvalue weighted by atomic mass is 35.5. The van der Waals surface area contributed by atoms with Crippen LogP contribution < -0.4 is 5.32 Å². The quantitative estimate of drug-likeness (QED) is 0.898. The number of hydrogen-bond donors (Lipinski definition) is 1. The summed E-state index contributed by atoms with van der Waals surface area (Å²) in [5, 5.41) is 4.09. The van der Waals surface area contributed by atoms with E-state index in [1.54, 1.807) is 6.20 Å². The number of aryl methyl sites for hydroxylation is 2. The molecule has 0 bridgehead atoms. The van der Waals surface area contributed by atoms with Gasteiger partial charge in [-0.05, 0) is 24.1 Å². The Morgan fingerprint density at radius 2 is 2.17 bits per heavy atom. The van der Waals surface area contributed by atoms with Crippen LogP contribution in [0.4, 0.5) is 0 Å². The van der Waals surface area contributed by atoms with Gasteiger partial charge >= 0.3 is 0 Å². The molecule has 0 fully saturated rings. The number of benzene rings is 1. The smallest absolute Gasteiger partial charge is 0.208 e. The Hall–Kier alpha value is -1.32. The van der Waals surface area contributed by atoms with Crippen LogP contribution in [0.3, 0.4) is 0 Å². The number of nitrogens with zero attached hydrogens (tertiary/aromatic N) is 1. The summed E-state index contributed by atoms with van der Waals surface area (Å²) < 4.78 is 5.51. The molecule has 0 aliphatic carbocycles. The van der Waals surface area contributed by atoms with Crippen molar-refractivity contribution in [2.45, 2.75) is 33.4 Å². The molecule has 0 spiro atoms. The molecular weight excluding hydrogens is 248 g/mol. The van der Waals surface area contributed by atoms with E-state index in [0.717, 1.165) is 40.8 Å². The van der Waals surface area contributed by atoms with Gasteiger partial charge in [-0.3, -0.25) is 0 Å². The zero-order valence-corrected chi connectivity index (χ0v) is 11.4. The van der Waals surface area contributed by atoms with Crippen molar-refractivity contribution in [3.05, 3.63) is 52.2 Å². The summed E-state index contributed by atoms with van der Waals surface area (Å²) in [6.45, 7) is 5.43. The van der Waals surface area contributed by atoms with Crippen LogP contribution in [0, 0.1) is 6.92 Å². The second-order valence-corrected chi connectivity index (χ2v) is 4.67. The van der Waals surface area contributed by atoms with Gasteiger partial charge in [-0.1, -0.05) is 30.7 Å². The minimum atomic E-state index is 0.630. The van der Waals surface area contributed by atoms with E-state index in [2.05, 4.69) is 16.4 Å². The average Bonchev–Trinajstić information content (AvgIpc) is 2.82. The summed E-state index contributed by atoms with van der Waals surface area (Å²) in [6, 6.07) is 6.08. The topological polar surface area (TPSA) is 38.1 Å². The van der Waals surface area contributed by atoms with Crippen LogP contribution in [0.15, 0.2) is 28.8 Å². The van der Waals surface area contributed by atoms with E-state index in [4.69, 9.17) is 16.0 Å². The number of hydrogen-bond acceptors (Lipinski definition) is 3. The van der Waals surface area contributed by atoms with Gasteiger partial charge in [-0.25, -0.2) is 4.98 Å². The molecule has 1 heterocycles. The average molecular weight is 265 g/mol. The normalized spacial score (nSPS) is 10.8. The first kappa shape index (κ1) is 13.1. The molecule has 2 rings (SSSR count). The maximum atomic E-state index is 6.07. The first-order valence-electron chi connectivity index (χ1n) is 6.08. The summed E-state index contributed by atoms with van der Waals surface area (Å²) in [5.74, 6) is 1.65. The number of oxazole rings is 1. The highest BCUT2D eigenvalue weighted by molar-refractivity contribution is 6.31. The Morgan fingerprint density at radius 3 is 2.83 bits per heavy atom. The van der Waals surface area contributed by atoms with E-state index in [1.807, 2.05) is 26.0 Å². The Labute approximate surface area is 112 Å². The van der Waals surface area contributed by atoms with Crippen LogP contribution in [-0.4, -0.2) is 4.98 Å². The molecule has 0 aliphatic heterocycles. The van der Waals surface area contributed by atoms with Crippen LogP contribution in [0.2, 0.25) is 5.02 Å². The van der Waals surface area contributed by atoms with E-state index in [0.29, 0.717) is 6.54 Å². The minimum absolute atomic E-state index is 0.630. The first-order chi connectivity index (χ1) is 8.69. The lowest BCUT2D eigenvalue weighted by Crippen LogP contribution is -2.12. The van der Waals surface area contributed by atoms with Gasteiger partial charge in [0.15, 0.2) is 0 Å². The number of aromatic nitrogens is 1. The zero-order valence-electron chi connectivity index (χ0n) is 10.7. The summed E-state index contributed by atoms with van der Waals surface area (Å²) >= 11 is 6.07. The van der Waals surface area contributed by atoms with Crippen molar-refractivity contribution in [2.24, 2.45) is 0 Å². The fraction of sp³-hybridized carbons (Fsp3) is 0.357. The highest BCUT2D eigenvalue weighted by Gasteiger charge is 2.02.